The van der Waals surface area contributed by atoms with Crippen molar-refractivity contribution >= 4 is 17.1 Å². The standard InChI is InChI=1S/C17H18N4O/c1-12-20-15-4-3-11-19-17(15)21(12)14-8-5-13(6-9-14)7-10-16(22)18-2/h3-6,8-9,11H,7,10H2,1-2H3,(H,18,22). The fourth-order valence-electron chi connectivity index (χ4n) is 2.53. The molecule has 2 aromatic heterocycles. The van der Waals surface area contributed by atoms with Crippen LogP contribution in [0.3, 0.4) is 0 Å². The van der Waals surface area contributed by atoms with Gasteiger partial charge in [0.25, 0.3) is 0 Å². The van der Waals surface area contributed by atoms with Gasteiger partial charge in [0, 0.05) is 25.4 Å². The molecule has 1 amide bonds. The molecule has 0 atom stereocenters. The molecule has 0 spiro atoms. The third kappa shape index (κ3) is 2.70. The summed E-state index contributed by atoms with van der Waals surface area (Å²) in [5, 5.41) is 2.64. The van der Waals surface area contributed by atoms with Crippen LogP contribution in [0.15, 0.2) is 42.6 Å². The van der Waals surface area contributed by atoms with Gasteiger partial charge in [-0.25, -0.2) is 9.97 Å². The van der Waals surface area contributed by atoms with Gasteiger partial charge in [-0.3, -0.25) is 9.36 Å². The van der Waals surface area contributed by atoms with E-state index in [1.807, 2.05) is 47.9 Å². The van der Waals surface area contributed by atoms with Gasteiger partial charge in [0.15, 0.2) is 5.65 Å². The second-order valence-corrected chi connectivity index (χ2v) is 5.18. The van der Waals surface area contributed by atoms with Crippen LogP contribution in [0.5, 0.6) is 0 Å². The van der Waals surface area contributed by atoms with Crippen LogP contribution in [0.4, 0.5) is 0 Å². The molecular weight excluding hydrogens is 276 g/mol. The normalized spacial score (nSPS) is 10.8. The first kappa shape index (κ1) is 14.3. The predicted octanol–water partition coefficient (Wildman–Crippen LogP) is 2.41. The maximum atomic E-state index is 11.3. The maximum Gasteiger partial charge on any atom is 0.220 e. The summed E-state index contributed by atoms with van der Waals surface area (Å²) < 4.78 is 2.04. The van der Waals surface area contributed by atoms with Crippen molar-refractivity contribution in [3.05, 3.63) is 54.0 Å². The fourth-order valence-corrected chi connectivity index (χ4v) is 2.53. The van der Waals surface area contributed by atoms with Crippen LogP contribution in [-0.2, 0) is 11.2 Å². The minimum absolute atomic E-state index is 0.0599. The molecule has 0 aliphatic rings. The monoisotopic (exact) mass is 294 g/mol. The van der Waals surface area contributed by atoms with Crippen LogP contribution in [0.25, 0.3) is 16.9 Å². The molecule has 5 nitrogen and oxygen atoms in total. The Balaban J connectivity index is 1.88. The van der Waals surface area contributed by atoms with Crippen molar-refractivity contribution in [2.45, 2.75) is 19.8 Å². The maximum absolute atomic E-state index is 11.3. The molecule has 0 fully saturated rings. The Hall–Kier alpha value is -2.69. The zero-order valence-electron chi connectivity index (χ0n) is 12.7. The largest absolute Gasteiger partial charge is 0.359 e. The van der Waals surface area contributed by atoms with Gasteiger partial charge in [0.1, 0.15) is 11.3 Å². The topological polar surface area (TPSA) is 59.8 Å². The second kappa shape index (κ2) is 5.97. The van der Waals surface area contributed by atoms with E-state index in [2.05, 4.69) is 15.3 Å². The minimum Gasteiger partial charge on any atom is -0.359 e. The number of aryl methyl sites for hydroxylation is 2. The Morgan fingerprint density at radius 2 is 2.00 bits per heavy atom. The summed E-state index contributed by atoms with van der Waals surface area (Å²) in [5.41, 5.74) is 3.92. The number of fused-ring (bicyclic) bond motifs is 1. The molecule has 0 bridgehead atoms. The average Bonchev–Trinajstić information content (AvgIpc) is 2.89. The molecule has 0 radical (unpaired) electrons. The highest BCUT2D eigenvalue weighted by Gasteiger charge is 2.09. The lowest BCUT2D eigenvalue weighted by molar-refractivity contribution is -0.120. The van der Waals surface area contributed by atoms with Crippen LogP contribution in [0, 0.1) is 6.92 Å². The van der Waals surface area contributed by atoms with Crippen LogP contribution in [0.2, 0.25) is 0 Å². The Morgan fingerprint density at radius 3 is 2.73 bits per heavy atom. The fraction of sp³-hybridized carbons (Fsp3) is 0.235. The lowest BCUT2D eigenvalue weighted by Gasteiger charge is -2.07. The molecule has 2 heterocycles. The van der Waals surface area contributed by atoms with Crippen molar-refractivity contribution in [1.29, 1.82) is 0 Å². The van der Waals surface area contributed by atoms with E-state index in [-0.39, 0.29) is 5.91 Å². The number of benzene rings is 1. The molecule has 3 aromatic rings. The molecule has 0 unspecified atom stereocenters. The van der Waals surface area contributed by atoms with Crippen molar-refractivity contribution in [2.75, 3.05) is 7.05 Å². The van der Waals surface area contributed by atoms with Crippen LogP contribution in [-0.4, -0.2) is 27.5 Å². The van der Waals surface area contributed by atoms with Gasteiger partial charge in [-0.2, -0.15) is 0 Å². The number of pyridine rings is 1. The number of nitrogens with zero attached hydrogens (tertiary/aromatic N) is 3. The van der Waals surface area contributed by atoms with Crippen molar-refractivity contribution in [2.24, 2.45) is 0 Å². The lowest BCUT2D eigenvalue weighted by atomic mass is 10.1. The van der Waals surface area contributed by atoms with Gasteiger partial charge in [0.2, 0.25) is 5.91 Å². The van der Waals surface area contributed by atoms with Gasteiger partial charge < -0.3 is 5.32 Å². The second-order valence-electron chi connectivity index (χ2n) is 5.18. The number of hydrogen-bond donors (Lipinski definition) is 1. The zero-order valence-corrected chi connectivity index (χ0v) is 12.7. The lowest BCUT2D eigenvalue weighted by Crippen LogP contribution is -2.17. The van der Waals surface area contributed by atoms with Gasteiger partial charge in [-0.05, 0) is 43.2 Å². The van der Waals surface area contributed by atoms with Crippen molar-refractivity contribution in [1.82, 2.24) is 19.9 Å². The molecule has 1 N–H and O–H groups in total. The molecule has 0 aliphatic heterocycles. The first-order valence-corrected chi connectivity index (χ1v) is 7.29. The first-order valence-electron chi connectivity index (χ1n) is 7.29. The summed E-state index contributed by atoms with van der Waals surface area (Å²) in [6.07, 6.45) is 3.02. The number of aromatic nitrogens is 3. The Bertz CT molecular complexity index is 805. The molecule has 0 saturated carbocycles. The molecule has 5 heteroatoms. The number of hydrogen-bond acceptors (Lipinski definition) is 3. The number of rotatable bonds is 4. The van der Waals surface area contributed by atoms with Crippen LogP contribution < -0.4 is 5.32 Å². The summed E-state index contributed by atoms with van der Waals surface area (Å²) in [4.78, 5) is 20.2. The summed E-state index contributed by atoms with van der Waals surface area (Å²) in [6, 6.07) is 12.0. The van der Waals surface area contributed by atoms with Crippen LogP contribution >= 0.6 is 0 Å². The van der Waals surface area contributed by atoms with Gasteiger partial charge in [0.05, 0.1) is 0 Å². The molecule has 112 valence electrons. The van der Waals surface area contributed by atoms with E-state index >= 15 is 0 Å². The van der Waals surface area contributed by atoms with Crippen LogP contribution in [0.1, 0.15) is 17.8 Å². The molecule has 3 rings (SSSR count). The highest BCUT2D eigenvalue weighted by Crippen LogP contribution is 2.19. The van der Waals surface area contributed by atoms with E-state index in [4.69, 9.17) is 0 Å². The number of nitrogens with one attached hydrogen (secondary N) is 1. The Kier molecular flexibility index (Phi) is 3.87. The van der Waals surface area contributed by atoms with E-state index in [1.165, 1.54) is 0 Å². The molecule has 0 aliphatic carbocycles. The molecule has 22 heavy (non-hydrogen) atoms. The third-order valence-electron chi connectivity index (χ3n) is 3.70. The van der Waals surface area contributed by atoms with Crippen molar-refractivity contribution in [3.63, 3.8) is 0 Å². The highest BCUT2D eigenvalue weighted by atomic mass is 16.1. The summed E-state index contributed by atoms with van der Waals surface area (Å²) in [5.74, 6) is 0.969. The minimum atomic E-state index is 0.0599. The van der Waals surface area contributed by atoms with Crippen molar-refractivity contribution in [3.8, 4) is 5.69 Å². The third-order valence-corrected chi connectivity index (χ3v) is 3.70. The summed E-state index contributed by atoms with van der Waals surface area (Å²) >= 11 is 0. The van der Waals surface area contributed by atoms with Gasteiger partial charge in [-0.1, -0.05) is 12.1 Å². The van der Waals surface area contributed by atoms with Gasteiger partial charge in [-0.15, -0.1) is 0 Å². The van der Waals surface area contributed by atoms with Crippen molar-refractivity contribution < 1.29 is 4.79 Å². The average molecular weight is 294 g/mol. The van der Waals surface area contributed by atoms with Gasteiger partial charge >= 0.3 is 0 Å². The first-order chi connectivity index (χ1) is 10.7. The summed E-state index contributed by atoms with van der Waals surface area (Å²) in [7, 11) is 1.66. The Morgan fingerprint density at radius 1 is 1.23 bits per heavy atom. The number of imidazole rings is 1. The highest BCUT2D eigenvalue weighted by molar-refractivity contribution is 5.76. The SMILES string of the molecule is CNC(=O)CCc1ccc(-n2c(C)nc3cccnc32)cc1. The Labute approximate surface area is 129 Å². The number of carbonyl (C=O) groups excluding carboxylic acids is 1. The molecule has 0 saturated heterocycles. The number of amides is 1. The van der Waals surface area contributed by atoms with E-state index in [0.717, 1.165) is 34.7 Å². The van der Waals surface area contributed by atoms with E-state index in [0.29, 0.717) is 6.42 Å². The summed E-state index contributed by atoms with van der Waals surface area (Å²) in [6.45, 7) is 1.97. The molecular formula is C17H18N4O. The molecule has 1 aromatic carbocycles. The smallest absolute Gasteiger partial charge is 0.220 e. The number of carbonyl (C=O) groups is 1. The quantitative estimate of drug-likeness (QED) is 0.804. The van der Waals surface area contributed by atoms with E-state index in [9.17, 15) is 4.79 Å². The predicted molar refractivity (Wildman–Crippen MR) is 86.0 cm³/mol. The van der Waals surface area contributed by atoms with E-state index in [1.54, 1.807) is 13.2 Å². The zero-order chi connectivity index (χ0) is 15.5. The van der Waals surface area contributed by atoms with E-state index < -0.39 is 0 Å².